The average Bonchev–Trinajstić information content (AvgIpc) is 2.90. The van der Waals surface area contributed by atoms with Gasteiger partial charge in [0.25, 0.3) is 5.91 Å². The monoisotopic (exact) mass is 301 g/mol. The number of thiophene rings is 1. The molecular formula is C16H15NO3S. The van der Waals surface area contributed by atoms with Gasteiger partial charge in [-0.1, -0.05) is 12.1 Å². The van der Waals surface area contributed by atoms with Gasteiger partial charge in [0.1, 0.15) is 0 Å². The molecule has 108 valence electrons. The molecule has 4 nitrogen and oxygen atoms in total. The largest absolute Gasteiger partial charge is 0.478 e. The van der Waals surface area contributed by atoms with Gasteiger partial charge in [-0.25, -0.2) is 4.79 Å². The molecule has 0 bridgehead atoms. The zero-order valence-electron chi connectivity index (χ0n) is 11.7. The van der Waals surface area contributed by atoms with E-state index in [0.717, 1.165) is 22.9 Å². The minimum Gasteiger partial charge on any atom is -0.478 e. The Morgan fingerprint density at radius 2 is 2.00 bits per heavy atom. The summed E-state index contributed by atoms with van der Waals surface area (Å²) >= 11 is 1.28. The first-order valence-electron chi connectivity index (χ1n) is 6.35. The molecule has 0 aliphatic rings. The van der Waals surface area contributed by atoms with Gasteiger partial charge in [0, 0.05) is 11.8 Å². The van der Waals surface area contributed by atoms with Crippen LogP contribution in [0.1, 0.15) is 26.4 Å². The maximum atomic E-state index is 12.3. The van der Waals surface area contributed by atoms with Crippen LogP contribution in [-0.2, 0) is 4.79 Å². The van der Waals surface area contributed by atoms with Crippen LogP contribution in [0.3, 0.4) is 0 Å². The highest BCUT2D eigenvalue weighted by atomic mass is 32.1. The van der Waals surface area contributed by atoms with Crippen LogP contribution in [0.2, 0.25) is 0 Å². The third kappa shape index (κ3) is 3.58. The van der Waals surface area contributed by atoms with Gasteiger partial charge in [-0.2, -0.15) is 0 Å². The van der Waals surface area contributed by atoms with Gasteiger partial charge in [-0.3, -0.25) is 4.79 Å². The first-order chi connectivity index (χ1) is 9.99. The first kappa shape index (κ1) is 15.0. The van der Waals surface area contributed by atoms with E-state index in [1.54, 1.807) is 11.4 Å². The molecule has 0 aliphatic heterocycles. The molecule has 1 aromatic heterocycles. The highest BCUT2D eigenvalue weighted by Crippen LogP contribution is 2.23. The van der Waals surface area contributed by atoms with E-state index in [1.165, 1.54) is 17.4 Å². The number of carboxylic acid groups (broad SMARTS) is 1. The van der Waals surface area contributed by atoms with Crippen molar-refractivity contribution < 1.29 is 14.7 Å². The third-order valence-electron chi connectivity index (χ3n) is 3.16. The molecule has 21 heavy (non-hydrogen) atoms. The van der Waals surface area contributed by atoms with Gasteiger partial charge in [-0.15, -0.1) is 11.3 Å². The molecule has 1 aromatic carbocycles. The number of nitrogens with one attached hydrogen (secondary N) is 1. The normalized spacial score (nSPS) is 10.8. The maximum absolute atomic E-state index is 12.3. The summed E-state index contributed by atoms with van der Waals surface area (Å²) in [4.78, 5) is 23.4. The lowest BCUT2D eigenvalue weighted by Crippen LogP contribution is -2.12. The quantitative estimate of drug-likeness (QED) is 0.846. The molecule has 0 atom stereocenters. The molecule has 1 heterocycles. The lowest BCUT2D eigenvalue weighted by molar-refractivity contribution is -0.131. The van der Waals surface area contributed by atoms with Crippen molar-refractivity contribution >= 4 is 35.0 Å². The molecule has 0 unspecified atom stereocenters. The maximum Gasteiger partial charge on any atom is 0.328 e. The van der Waals surface area contributed by atoms with Crippen LogP contribution >= 0.6 is 11.3 Å². The fourth-order valence-electron chi connectivity index (χ4n) is 1.86. The SMILES string of the molecule is Cc1cccc(NC(=O)c2sccc2C=CC(=O)O)c1C. The Morgan fingerprint density at radius 1 is 1.24 bits per heavy atom. The molecule has 0 saturated heterocycles. The van der Waals surface area contributed by atoms with Crippen molar-refractivity contribution in [2.24, 2.45) is 0 Å². The van der Waals surface area contributed by atoms with Crippen LogP contribution in [0.25, 0.3) is 6.08 Å². The molecule has 0 aliphatic carbocycles. The second kappa shape index (κ2) is 6.37. The zero-order valence-corrected chi connectivity index (χ0v) is 12.5. The van der Waals surface area contributed by atoms with Gasteiger partial charge in [0.05, 0.1) is 4.88 Å². The summed E-state index contributed by atoms with van der Waals surface area (Å²) in [6.45, 7) is 3.93. The summed E-state index contributed by atoms with van der Waals surface area (Å²) in [5.41, 5.74) is 3.49. The lowest BCUT2D eigenvalue weighted by Gasteiger charge is -2.10. The lowest BCUT2D eigenvalue weighted by atomic mass is 10.1. The number of hydrogen-bond acceptors (Lipinski definition) is 3. The molecule has 2 N–H and O–H groups in total. The summed E-state index contributed by atoms with van der Waals surface area (Å²) in [7, 11) is 0. The zero-order chi connectivity index (χ0) is 15.4. The van der Waals surface area contributed by atoms with Crippen LogP contribution in [0, 0.1) is 13.8 Å². The standard InChI is InChI=1S/C16H15NO3S/c1-10-4-3-5-13(11(10)2)17-16(20)15-12(8-9-21-15)6-7-14(18)19/h3-9H,1-2H3,(H,17,20)(H,18,19). The van der Waals surface area contributed by atoms with Crippen molar-refractivity contribution in [2.45, 2.75) is 13.8 Å². The van der Waals surface area contributed by atoms with E-state index in [4.69, 9.17) is 5.11 Å². The smallest absolute Gasteiger partial charge is 0.328 e. The van der Waals surface area contributed by atoms with E-state index in [2.05, 4.69) is 5.32 Å². The molecule has 5 heteroatoms. The van der Waals surface area contributed by atoms with E-state index in [1.807, 2.05) is 32.0 Å². The second-order valence-electron chi connectivity index (χ2n) is 4.58. The highest BCUT2D eigenvalue weighted by molar-refractivity contribution is 7.12. The molecule has 0 fully saturated rings. The van der Waals surface area contributed by atoms with Crippen molar-refractivity contribution in [3.63, 3.8) is 0 Å². The summed E-state index contributed by atoms with van der Waals surface area (Å²) in [5, 5.41) is 13.3. The second-order valence-corrected chi connectivity index (χ2v) is 5.49. The predicted octanol–water partition coefficient (Wildman–Crippen LogP) is 3.72. The average molecular weight is 301 g/mol. The number of rotatable bonds is 4. The third-order valence-corrected chi connectivity index (χ3v) is 4.09. The Bertz CT molecular complexity index is 716. The van der Waals surface area contributed by atoms with Crippen molar-refractivity contribution in [1.82, 2.24) is 0 Å². The molecule has 2 aromatic rings. The number of benzene rings is 1. The van der Waals surface area contributed by atoms with Gasteiger partial charge in [0.2, 0.25) is 0 Å². The van der Waals surface area contributed by atoms with E-state index in [-0.39, 0.29) is 5.91 Å². The fraction of sp³-hybridized carbons (Fsp3) is 0.125. The van der Waals surface area contributed by atoms with Crippen LogP contribution in [0.15, 0.2) is 35.7 Å². The minimum absolute atomic E-state index is 0.233. The molecule has 2 rings (SSSR count). The Balaban J connectivity index is 2.23. The molecule has 1 amide bonds. The van der Waals surface area contributed by atoms with E-state index >= 15 is 0 Å². The van der Waals surface area contributed by atoms with Gasteiger partial charge >= 0.3 is 5.97 Å². The molecule has 0 spiro atoms. The van der Waals surface area contributed by atoms with Gasteiger partial charge in [-0.05, 0) is 54.1 Å². The summed E-state index contributed by atoms with van der Waals surface area (Å²) in [6.07, 6.45) is 2.45. The van der Waals surface area contributed by atoms with Gasteiger partial charge < -0.3 is 10.4 Å². The van der Waals surface area contributed by atoms with E-state index < -0.39 is 5.97 Å². The molecule has 0 saturated carbocycles. The number of aliphatic carboxylic acids is 1. The molecular weight excluding hydrogens is 286 g/mol. The number of amides is 1. The van der Waals surface area contributed by atoms with Crippen LogP contribution in [-0.4, -0.2) is 17.0 Å². The van der Waals surface area contributed by atoms with Crippen molar-refractivity contribution in [2.75, 3.05) is 5.32 Å². The predicted molar refractivity (Wildman–Crippen MR) is 84.9 cm³/mol. The fourth-order valence-corrected chi connectivity index (χ4v) is 2.64. The summed E-state index contributed by atoms with van der Waals surface area (Å²) < 4.78 is 0. The highest BCUT2D eigenvalue weighted by Gasteiger charge is 2.13. The van der Waals surface area contributed by atoms with Crippen molar-refractivity contribution in [1.29, 1.82) is 0 Å². The number of anilines is 1. The van der Waals surface area contributed by atoms with Crippen LogP contribution < -0.4 is 5.32 Å². The molecule has 0 radical (unpaired) electrons. The Morgan fingerprint density at radius 3 is 2.71 bits per heavy atom. The Hall–Kier alpha value is -2.40. The Labute approximate surface area is 126 Å². The number of hydrogen-bond donors (Lipinski definition) is 2. The van der Waals surface area contributed by atoms with Crippen LogP contribution in [0.4, 0.5) is 5.69 Å². The number of aryl methyl sites for hydroxylation is 1. The number of carboxylic acids is 1. The van der Waals surface area contributed by atoms with E-state index in [9.17, 15) is 9.59 Å². The topological polar surface area (TPSA) is 66.4 Å². The summed E-state index contributed by atoms with van der Waals surface area (Å²) in [5.74, 6) is -1.27. The van der Waals surface area contributed by atoms with E-state index in [0.29, 0.717) is 10.4 Å². The van der Waals surface area contributed by atoms with Crippen molar-refractivity contribution in [3.8, 4) is 0 Å². The van der Waals surface area contributed by atoms with Crippen molar-refractivity contribution in [3.05, 3.63) is 57.3 Å². The first-order valence-corrected chi connectivity index (χ1v) is 7.23. The van der Waals surface area contributed by atoms with Gasteiger partial charge in [0.15, 0.2) is 0 Å². The summed E-state index contributed by atoms with van der Waals surface area (Å²) in [6, 6.07) is 7.44. The van der Waals surface area contributed by atoms with Crippen LogP contribution in [0.5, 0.6) is 0 Å². The number of carbonyl (C=O) groups is 2. The number of carbonyl (C=O) groups excluding carboxylic acids is 1. The Kier molecular flexibility index (Phi) is 4.55. The minimum atomic E-state index is -1.04.